The highest BCUT2D eigenvalue weighted by molar-refractivity contribution is 6.35. The lowest BCUT2D eigenvalue weighted by Gasteiger charge is -2.10. The molecule has 0 aliphatic rings. The van der Waals surface area contributed by atoms with Gasteiger partial charge in [-0.15, -0.1) is 0 Å². The van der Waals surface area contributed by atoms with Crippen molar-refractivity contribution in [2.24, 2.45) is 0 Å². The molecule has 0 unspecified atom stereocenters. The lowest BCUT2D eigenvalue weighted by Crippen LogP contribution is -2.07. The molecule has 1 aromatic carbocycles. The van der Waals surface area contributed by atoms with E-state index in [-0.39, 0.29) is 22.4 Å². The van der Waals surface area contributed by atoms with Gasteiger partial charge in [0.25, 0.3) is 0 Å². The zero-order chi connectivity index (χ0) is 17.1. The van der Waals surface area contributed by atoms with Gasteiger partial charge in [0.1, 0.15) is 11.4 Å². The number of aromatic hydroxyl groups is 1. The molecule has 0 saturated carbocycles. The maximum absolute atomic E-state index is 12.0. The molecular formula is C16H12ClNO6. The standard InChI is InChI=1S/C16H12ClNO6/c1-21-10-6-3-2-5-9(10)18-13-12(17)15(20)24-16(13)23-14(19)11-7-4-8-22-11/h2-8,18,20H,1H3. The van der Waals surface area contributed by atoms with Crippen LogP contribution in [-0.2, 0) is 0 Å². The third-order valence-electron chi connectivity index (χ3n) is 3.08. The van der Waals surface area contributed by atoms with Crippen molar-refractivity contribution >= 4 is 28.9 Å². The van der Waals surface area contributed by atoms with Gasteiger partial charge in [-0.1, -0.05) is 23.7 Å². The Morgan fingerprint density at radius 3 is 2.75 bits per heavy atom. The van der Waals surface area contributed by atoms with E-state index in [0.717, 1.165) is 0 Å². The second-order valence-electron chi connectivity index (χ2n) is 4.58. The molecule has 24 heavy (non-hydrogen) atoms. The van der Waals surface area contributed by atoms with Gasteiger partial charge in [0.05, 0.1) is 19.1 Å². The number of benzene rings is 1. The fourth-order valence-corrected chi connectivity index (χ4v) is 2.13. The zero-order valence-electron chi connectivity index (χ0n) is 12.4. The maximum Gasteiger partial charge on any atom is 0.382 e. The molecule has 0 fully saturated rings. The number of halogens is 1. The van der Waals surface area contributed by atoms with E-state index in [9.17, 15) is 9.90 Å². The monoisotopic (exact) mass is 349 g/mol. The second-order valence-corrected chi connectivity index (χ2v) is 4.95. The van der Waals surface area contributed by atoms with Crippen LogP contribution in [0.5, 0.6) is 17.6 Å². The van der Waals surface area contributed by atoms with Crippen molar-refractivity contribution in [3.05, 3.63) is 53.4 Å². The third kappa shape index (κ3) is 3.02. The van der Waals surface area contributed by atoms with Crippen molar-refractivity contribution in [2.75, 3.05) is 12.4 Å². The molecule has 0 bridgehead atoms. The summed E-state index contributed by atoms with van der Waals surface area (Å²) in [5, 5.41) is 12.5. The largest absolute Gasteiger partial charge is 0.495 e. The minimum Gasteiger partial charge on any atom is -0.495 e. The Balaban J connectivity index is 1.91. The van der Waals surface area contributed by atoms with Crippen molar-refractivity contribution in [3.63, 3.8) is 0 Å². The molecule has 0 amide bonds. The van der Waals surface area contributed by atoms with E-state index in [1.807, 2.05) is 0 Å². The van der Waals surface area contributed by atoms with Gasteiger partial charge in [-0.05, 0) is 24.3 Å². The Morgan fingerprint density at radius 2 is 2.04 bits per heavy atom. The summed E-state index contributed by atoms with van der Waals surface area (Å²) in [6, 6.07) is 9.98. The first-order chi connectivity index (χ1) is 11.6. The number of furan rings is 2. The fourth-order valence-electron chi connectivity index (χ4n) is 1.97. The fraction of sp³-hybridized carbons (Fsp3) is 0.0625. The van der Waals surface area contributed by atoms with E-state index in [0.29, 0.717) is 11.4 Å². The summed E-state index contributed by atoms with van der Waals surface area (Å²) >= 11 is 6.01. The van der Waals surface area contributed by atoms with Crippen LogP contribution in [0.25, 0.3) is 0 Å². The number of carbonyl (C=O) groups is 1. The van der Waals surface area contributed by atoms with Gasteiger partial charge < -0.3 is 28.7 Å². The molecule has 0 spiro atoms. The number of methoxy groups -OCH3 is 1. The second kappa shape index (κ2) is 6.59. The van der Waals surface area contributed by atoms with Gasteiger partial charge >= 0.3 is 17.9 Å². The number of esters is 1. The highest BCUT2D eigenvalue weighted by Gasteiger charge is 2.25. The molecule has 0 saturated heterocycles. The topological polar surface area (TPSA) is 94.1 Å². The van der Waals surface area contributed by atoms with Crippen molar-refractivity contribution < 1.29 is 28.2 Å². The number of anilines is 2. The average Bonchev–Trinajstić information content (AvgIpc) is 3.20. The molecule has 7 nitrogen and oxygen atoms in total. The van der Waals surface area contributed by atoms with Crippen LogP contribution in [0.4, 0.5) is 11.4 Å². The van der Waals surface area contributed by atoms with Crippen LogP contribution in [0.3, 0.4) is 0 Å². The van der Waals surface area contributed by atoms with E-state index in [1.54, 1.807) is 24.3 Å². The highest BCUT2D eigenvalue weighted by Crippen LogP contribution is 2.45. The first-order valence-corrected chi connectivity index (χ1v) is 7.15. The molecule has 0 radical (unpaired) electrons. The van der Waals surface area contributed by atoms with Crippen molar-refractivity contribution in [1.29, 1.82) is 0 Å². The molecule has 2 aromatic heterocycles. The zero-order valence-corrected chi connectivity index (χ0v) is 13.2. The van der Waals surface area contributed by atoms with E-state index in [1.165, 1.54) is 25.5 Å². The lowest BCUT2D eigenvalue weighted by molar-refractivity contribution is 0.0655. The minimum atomic E-state index is -0.798. The maximum atomic E-state index is 12.0. The normalized spacial score (nSPS) is 10.4. The van der Waals surface area contributed by atoms with Gasteiger partial charge in [-0.3, -0.25) is 0 Å². The predicted octanol–water partition coefficient (Wildman–Crippen LogP) is 4.20. The van der Waals surface area contributed by atoms with Crippen LogP contribution in [0.2, 0.25) is 5.02 Å². The highest BCUT2D eigenvalue weighted by atomic mass is 35.5. The first-order valence-electron chi connectivity index (χ1n) is 6.77. The molecule has 0 atom stereocenters. The number of carbonyl (C=O) groups excluding carboxylic acids is 1. The number of nitrogens with one attached hydrogen (secondary N) is 1. The summed E-state index contributed by atoms with van der Waals surface area (Å²) in [5.41, 5.74) is 0.622. The van der Waals surface area contributed by atoms with E-state index >= 15 is 0 Å². The van der Waals surface area contributed by atoms with Crippen LogP contribution >= 0.6 is 11.6 Å². The average molecular weight is 350 g/mol. The van der Waals surface area contributed by atoms with E-state index in [4.69, 9.17) is 29.9 Å². The first kappa shape index (κ1) is 15.8. The van der Waals surface area contributed by atoms with Crippen molar-refractivity contribution in [1.82, 2.24) is 0 Å². The van der Waals surface area contributed by atoms with Gasteiger partial charge in [0.15, 0.2) is 5.02 Å². The quantitative estimate of drug-likeness (QED) is 0.666. The molecule has 2 N–H and O–H groups in total. The molecule has 0 aliphatic carbocycles. The molecule has 2 heterocycles. The van der Waals surface area contributed by atoms with Gasteiger partial charge in [-0.2, -0.15) is 0 Å². The van der Waals surface area contributed by atoms with Crippen molar-refractivity contribution in [2.45, 2.75) is 0 Å². The Kier molecular flexibility index (Phi) is 4.35. The summed E-state index contributed by atoms with van der Waals surface area (Å²) in [5.74, 6) is -1.18. The van der Waals surface area contributed by atoms with Crippen LogP contribution < -0.4 is 14.8 Å². The Bertz CT molecular complexity index is 856. The summed E-state index contributed by atoms with van der Waals surface area (Å²) in [7, 11) is 1.51. The number of para-hydroxylation sites is 2. The van der Waals surface area contributed by atoms with Crippen LogP contribution in [0.15, 0.2) is 51.5 Å². The molecular weight excluding hydrogens is 338 g/mol. The van der Waals surface area contributed by atoms with Gasteiger partial charge in [-0.25, -0.2) is 4.79 Å². The molecule has 0 aliphatic heterocycles. The Morgan fingerprint density at radius 1 is 1.25 bits per heavy atom. The molecule has 124 valence electrons. The van der Waals surface area contributed by atoms with Crippen LogP contribution in [-0.4, -0.2) is 18.2 Å². The number of ether oxygens (including phenoxy) is 2. The smallest absolute Gasteiger partial charge is 0.382 e. The molecule has 3 aromatic rings. The minimum absolute atomic E-state index is 0.0229. The number of hydrogen-bond acceptors (Lipinski definition) is 7. The number of hydrogen-bond donors (Lipinski definition) is 2. The van der Waals surface area contributed by atoms with E-state index in [2.05, 4.69) is 5.32 Å². The summed E-state index contributed by atoms with van der Waals surface area (Å²) in [6.45, 7) is 0. The Labute approximate surface area is 141 Å². The van der Waals surface area contributed by atoms with Crippen molar-refractivity contribution in [3.8, 4) is 17.6 Å². The summed E-state index contributed by atoms with van der Waals surface area (Å²) < 4.78 is 20.3. The molecule has 8 heteroatoms. The third-order valence-corrected chi connectivity index (χ3v) is 3.43. The van der Waals surface area contributed by atoms with Crippen LogP contribution in [0, 0.1) is 0 Å². The number of rotatable bonds is 5. The predicted molar refractivity (Wildman–Crippen MR) is 85.3 cm³/mol. The van der Waals surface area contributed by atoms with Crippen LogP contribution in [0.1, 0.15) is 10.6 Å². The summed E-state index contributed by atoms with van der Waals surface area (Å²) in [4.78, 5) is 12.0. The summed E-state index contributed by atoms with van der Waals surface area (Å²) in [6.07, 6.45) is 1.33. The Hall–Kier alpha value is -3.06. The van der Waals surface area contributed by atoms with E-state index < -0.39 is 11.9 Å². The lowest BCUT2D eigenvalue weighted by atomic mass is 10.3. The van der Waals surface area contributed by atoms with Gasteiger partial charge in [0, 0.05) is 0 Å². The SMILES string of the molecule is COc1ccccc1Nc1c(OC(=O)c2ccco2)oc(O)c1Cl. The molecule has 3 rings (SSSR count). The van der Waals surface area contributed by atoms with Gasteiger partial charge in [0.2, 0.25) is 5.76 Å².